The van der Waals surface area contributed by atoms with E-state index in [1.165, 1.54) is 5.56 Å². The highest BCUT2D eigenvalue weighted by molar-refractivity contribution is 6.30. The van der Waals surface area contributed by atoms with E-state index in [1.54, 1.807) is 0 Å². The van der Waals surface area contributed by atoms with Gasteiger partial charge in [-0.1, -0.05) is 23.7 Å². The Bertz CT molecular complexity index is 494. The summed E-state index contributed by atoms with van der Waals surface area (Å²) in [5.41, 5.74) is 3.51. The van der Waals surface area contributed by atoms with E-state index in [9.17, 15) is 0 Å². The normalized spacial score (nSPS) is 10.1. The van der Waals surface area contributed by atoms with Crippen LogP contribution in [0.25, 0.3) is 0 Å². The van der Waals surface area contributed by atoms with Crippen molar-refractivity contribution >= 4 is 23.0 Å². The molecule has 2 aromatic rings. The summed E-state index contributed by atoms with van der Waals surface area (Å²) in [6, 6.07) is 16.2. The Morgan fingerprint density at radius 1 is 1.00 bits per heavy atom. The maximum atomic E-state index is 5.95. The molecule has 0 aliphatic carbocycles. The first-order chi connectivity index (χ1) is 8.78. The fraction of sp³-hybridized carbons (Fsp3) is 0.200. The quantitative estimate of drug-likeness (QED) is 0.848. The molecule has 2 rings (SSSR count). The smallest absolute Gasteiger partial charge is 0.0408 e. The number of rotatable bonds is 5. The summed E-state index contributed by atoms with van der Waals surface area (Å²) in [5.74, 6) is 0. The van der Waals surface area contributed by atoms with E-state index in [4.69, 9.17) is 11.6 Å². The molecular weight excluding hydrogens is 244 g/mol. The van der Waals surface area contributed by atoms with Crippen LogP contribution < -0.4 is 10.6 Å². The van der Waals surface area contributed by atoms with E-state index >= 15 is 0 Å². The van der Waals surface area contributed by atoms with E-state index in [0.29, 0.717) is 0 Å². The number of hydrogen-bond acceptors (Lipinski definition) is 2. The molecule has 0 spiro atoms. The van der Waals surface area contributed by atoms with Gasteiger partial charge in [-0.05, 0) is 48.4 Å². The Kier molecular flexibility index (Phi) is 4.48. The van der Waals surface area contributed by atoms with Crippen molar-refractivity contribution in [2.75, 3.05) is 24.2 Å². The first kappa shape index (κ1) is 12.8. The van der Waals surface area contributed by atoms with Gasteiger partial charge in [0, 0.05) is 30.0 Å². The van der Waals surface area contributed by atoms with Crippen LogP contribution in [-0.4, -0.2) is 13.6 Å². The highest BCUT2D eigenvalue weighted by atomic mass is 35.5. The van der Waals surface area contributed by atoms with Crippen LogP contribution in [0.5, 0.6) is 0 Å². The SMILES string of the molecule is CNc1ccc(NCCc2cccc(Cl)c2)cc1. The van der Waals surface area contributed by atoms with Crippen molar-refractivity contribution in [1.29, 1.82) is 0 Å². The van der Waals surface area contributed by atoms with Gasteiger partial charge in [-0.3, -0.25) is 0 Å². The third-order valence-electron chi connectivity index (χ3n) is 2.81. The molecule has 0 radical (unpaired) electrons. The van der Waals surface area contributed by atoms with Crippen LogP contribution >= 0.6 is 11.6 Å². The minimum Gasteiger partial charge on any atom is -0.388 e. The first-order valence-corrected chi connectivity index (χ1v) is 6.42. The second kappa shape index (κ2) is 6.31. The predicted octanol–water partition coefficient (Wildman–Crippen LogP) is 4.04. The van der Waals surface area contributed by atoms with Gasteiger partial charge in [0.1, 0.15) is 0 Å². The van der Waals surface area contributed by atoms with Crippen molar-refractivity contribution in [2.45, 2.75) is 6.42 Å². The standard InChI is InChI=1S/C15H17ClN2/c1-17-14-5-7-15(8-6-14)18-10-9-12-3-2-4-13(16)11-12/h2-8,11,17-18H,9-10H2,1H3. The van der Waals surface area contributed by atoms with Crippen molar-refractivity contribution in [3.63, 3.8) is 0 Å². The molecule has 0 heterocycles. The fourth-order valence-electron chi connectivity index (χ4n) is 1.80. The molecule has 3 heteroatoms. The Morgan fingerprint density at radius 2 is 1.72 bits per heavy atom. The minimum atomic E-state index is 0.797. The van der Waals surface area contributed by atoms with Gasteiger partial charge in [-0.2, -0.15) is 0 Å². The Balaban J connectivity index is 1.84. The summed E-state index contributed by atoms with van der Waals surface area (Å²) in [5, 5.41) is 7.29. The van der Waals surface area contributed by atoms with Gasteiger partial charge in [0.25, 0.3) is 0 Å². The first-order valence-electron chi connectivity index (χ1n) is 6.04. The Morgan fingerprint density at radius 3 is 2.39 bits per heavy atom. The van der Waals surface area contributed by atoms with E-state index in [1.807, 2.05) is 25.2 Å². The van der Waals surface area contributed by atoms with Gasteiger partial charge < -0.3 is 10.6 Å². The average molecular weight is 261 g/mol. The van der Waals surface area contributed by atoms with Crippen molar-refractivity contribution in [2.24, 2.45) is 0 Å². The summed E-state index contributed by atoms with van der Waals surface area (Å²) in [6.45, 7) is 0.902. The molecule has 0 aromatic heterocycles. The summed E-state index contributed by atoms with van der Waals surface area (Å²) in [4.78, 5) is 0. The lowest BCUT2D eigenvalue weighted by Crippen LogP contribution is -2.04. The molecule has 94 valence electrons. The van der Waals surface area contributed by atoms with E-state index < -0.39 is 0 Å². The van der Waals surface area contributed by atoms with Gasteiger partial charge in [-0.25, -0.2) is 0 Å². The van der Waals surface area contributed by atoms with Crippen LogP contribution in [0.1, 0.15) is 5.56 Å². The molecule has 2 aromatic carbocycles. The summed E-state index contributed by atoms with van der Waals surface area (Å²) >= 11 is 5.95. The lowest BCUT2D eigenvalue weighted by Gasteiger charge is -2.07. The molecule has 0 bridgehead atoms. The number of anilines is 2. The Hall–Kier alpha value is -1.67. The maximum absolute atomic E-state index is 5.95. The van der Waals surface area contributed by atoms with Crippen molar-refractivity contribution in [3.05, 3.63) is 59.1 Å². The summed E-state index contributed by atoms with van der Waals surface area (Å²) < 4.78 is 0. The largest absolute Gasteiger partial charge is 0.388 e. The molecular formula is C15H17ClN2. The highest BCUT2D eigenvalue weighted by Crippen LogP contribution is 2.14. The van der Waals surface area contributed by atoms with E-state index in [2.05, 4.69) is 41.0 Å². The molecule has 0 aliphatic heterocycles. The van der Waals surface area contributed by atoms with Gasteiger partial charge in [0.2, 0.25) is 0 Å². The van der Waals surface area contributed by atoms with Crippen LogP contribution in [0.3, 0.4) is 0 Å². The average Bonchev–Trinajstić information content (AvgIpc) is 2.40. The van der Waals surface area contributed by atoms with Crippen LogP contribution in [0.15, 0.2) is 48.5 Å². The van der Waals surface area contributed by atoms with Gasteiger partial charge >= 0.3 is 0 Å². The maximum Gasteiger partial charge on any atom is 0.0408 e. The summed E-state index contributed by atoms with van der Waals surface area (Å²) in [6.07, 6.45) is 0.967. The highest BCUT2D eigenvalue weighted by Gasteiger charge is 1.95. The number of nitrogens with one attached hydrogen (secondary N) is 2. The molecule has 18 heavy (non-hydrogen) atoms. The van der Waals surface area contributed by atoms with Gasteiger partial charge in [-0.15, -0.1) is 0 Å². The Labute approximate surface area is 113 Å². The molecule has 2 nitrogen and oxygen atoms in total. The summed E-state index contributed by atoms with van der Waals surface area (Å²) in [7, 11) is 1.92. The molecule has 2 N–H and O–H groups in total. The fourth-order valence-corrected chi connectivity index (χ4v) is 2.01. The topological polar surface area (TPSA) is 24.1 Å². The number of hydrogen-bond donors (Lipinski definition) is 2. The monoisotopic (exact) mass is 260 g/mol. The lowest BCUT2D eigenvalue weighted by atomic mass is 10.1. The van der Waals surface area contributed by atoms with Crippen molar-refractivity contribution in [3.8, 4) is 0 Å². The lowest BCUT2D eigenvalue weighted by molar-refractivity contribution is 1.02. The second-order valence-electron chi connectivity index (χ2n) is 4.13. The molecule has 0 saturated carbocycles. The van der Waals surface area contributed by atoms with E-state index in [-0.39, 0.29) is 0 Å². The zero-order chi connectivity index (χ0) is 12.8. The minimum absolute atomic E-state index is 0.797. The van der Waals surface area contributed by atoms with E-state index in [0.717, 1.165) is 29.4 Å². The van der Waals surface area contributed by atoms with Crippen molar-refractivity contribution < 1.29 is 0 Å². The molecule has 0 fully saturated rings. The predicted molar refractivity (Wildman–Crippen MR) is 79.6 cm³/mol. The van der Waals surface area contributed by atoms with Crippen LogP contribution in [0.2, 0.25) is 5.02 Å². The van der Waals surface area contributed by atoms with Crippen LogP contribution in [-0.2, 0) is 6.42 Å². The van der Waals surface area contributed by atoms with Gasteiger partial charge in [0.15, 0.2) is 0 Å². The van der Waals surface area contributed by atoms with Gasteiger partial charge in [0.05, 0.1) is 0 Å². The number of halogens is 1. The zero-order valence-corrected chi connectivity index (χ0v) is 11.2. The molecule has 0 aliphatic rings. The molecule has 0 saturated heterocycles. The number of benzene rings is 2. The third-order valence-corrected chi connectivity index (χ3v) is 3.04. The zero-order valence-electron chi connectivity index (χ0n) is 10.4. The second-order valence-corrected chi connectivity index (χ2v) is 4.57. The molecule has 0 atom stereocenters. The molecule has 0 unspecified atom stereocenters. The molecule has 0 amide bonds. The van der Waals surface area contributed by atoms with Crippen molar-refractivity contribution in [1.82, 2.24) is 0 Å². The van der Waals surface area contributed by atoms with Crippen LogP contribution in [0.4, 0.5) is 11.4 Å². The third kappa shape index (κ3) is 3.67. The van der Waals surface area contributed by atoms with Crippen LogP contribution in [0, 0.1) is 0 Å².